The zero-order valence-corrected chi connectivity index (χ0v) is 13.8. The number of fused-ring (bicyclic) bond motifs is 1. The number of morpholine rings is 1. The van der Waals surface area contributed by atoms with Crippen molar-refractivity contribution in [1.82, 2.24) is 14.6 Å². The van der Waals surface area contributed by atoms with E-state index in [1.54, 1.807) is 4.52 Å². The number of rotatable bonds is 4. The lowest BCUT2D eigenvalue weighted by molar-refractivity contribution is -0.115. The van der Waals surface area contributed by atoms with E-state index in [-0.39, 0.29) is 5.91 Å². The molecule has 128 valence electrons. The lowest BCUT2D eigenvalue weighted by Gasteiger charge is -2.28. The van der Waals surface area contributed by atoms with Gasteiger partial charge in [-0.3, -0.25) is 10.1 Å². The molecule has 3 aromatic rings. The highest BCUT2D eigenvalue weighted by Gasteiger charge is 2.16. The van der Waals surface area contributed by atoms with Crippen LogP contribution >= 0.6 is 0 Å². The van der Waals surface area contributed by atoms with Crippen LogP contribution in [0.25, 0.3) is 5.65 Å². The summed E-state index contributed by atoms with van der Waals surface area (Å²) in [4.78, 5) is 18.8. The second-order valence-electron chi connectivity index (χ2n) is 5.90. The lowest BCUT2D eigenvalue weighted by atomic mass is 10.1. The van der Waals surface area contributed by atoms with Gasteiger partial charge in [-0.05, 0) is 17.7 Å². The number of nitrogens with one attached hydrogen (secondary N) is 1. The zero-order valence-electron chi connectivity index (χ0n) is 13.8. The summed E-state index contributed by atoms with van der Waals surface area (Å²) in [6, 6.07) is 15.4. The average molecular weight is 337 g/mol. The number of aromatic nitrogens is 3. The van der Waals surface area contributed by atoms with Crippen LogP contribution in [0.15, 0.2) is 48.5 Å². The van der Waals surface area contributed by atoms with Gasteiger partial charge in [-0.1, -0.05) is 36.4 Å². The van der Waals surface area contributed by atoms with Crippen LogP contribution in [0, 0.1) is 0 Å². The first-order valence-corrected chi connectivity index (χ1v) is 8.32. The Balaban J connectivity index is 1.53. The lowest BCUT2D eigenvalue weighted by Crippen LogP contribution is -2.37. The summed E-state index contributed by atoms with van der Waals surface area (Å²) in [6.45, 7) is 3.03. The fourth-order valence-electron chi connectivity index (χ4n) is 2.93. The molecule has 0 atom stereocenters. The molecule has 0 saturated carbocycles. The number of hydrogen-bond acceptors (Lipinski definition) is 5. The van der Waals surface area contributed by atoms with E-state index < -0.39 is 0 Å². The highest BCUT2D eigenvalue weighted by Crippen LogP contribution is 2.18. The van der Waals surface area contributed by atoms with Crippen LogP contribution in [0.1, 0.15) is 5.56 Å². The third-order valence-corrected chi connectivity index (χ3v) is 4.13. The van der Waals surface area contributed by atoms with Crippen molar-refractivity contribution in [3.63, 3.8) is 0 Å². The minimum absolute atomic E-state index is 0.130. The number of carbonyl (C=O) groups is 1. The molecule has 0 unspecified atom stereocenters. The molecule has 0 radical (unpaired) electrons. The van der Waals surface area contributed by atoms with Crippen LogP contribution in [-0.2, 0) is 16.0 Å². The highest BCUT2D eigenvalue weighted by atomic mass is 16.5. The molecule has 1 aromatic carbocycles. The molecule has 0 aliphatic carbocycles. The minimum atomic E-state index is -0.130. The molecule has 2 aromatic heterocycles. The summed E-state index contributed by atoms with van der Waals surface area (Å²) in [6.07, 6.45) is 0.298. The van der Waals surface area contributed by atoms with E-state index in [4.69, 9.17) is 4.74 Å². The number of amides is 1. The van der Waals surface area contributed by atoms with Crippen molar-refractivity contribution in [3.05, 3.63) is 54.1 Å². The molecule has 0 bridgehead atoms. The van der Waals surface area contributed by atoms with Gasteiger partial charge >= 0.3 is 0 Å². The topological polar surface area (TPSA) is 71.8 Å². The van der Waals surface area contributed by atoms with Gasteiger partial charge in [0.25, 0.3) is 0 Å². The van der Waals surface area contributed by atoms with Gasteiger partial charge in [0, 0.05) is 13.1 Å². The van der Waals surface area contributed by atoms with Crippen LogP contribution in [-0.4, -0.2) is 46.8 Å². The van der Waals surface area contributed by atoms with Crippen molar-refractivity contribution < 1.29 is 9.53 Å². The van der Waals surface area contributed by atoms with Crippen LogP contribution in [0.4, 0.5) is 11.8 Å². The highest BCUT2D eigenvalue weighted by molar-refractivity contribution is 5.90. The quantitative estimate of drug-likeness (QED) is 0.785. The number of hydrogen-bond donors (Lipinski definition) is 1. The summed E-state index contributed by atoms with van der Waals surface area (Å²) >= 11 is 0. The van der Waals surface area contributed by atoms with Gasteiger partial charge in [-0.2, -0.15) is 9.50 Å². The van der Waals surface area contributed by atoms with Crippen molar-refractivity contribution >= 4 is 23.3 Å². The molecular formula is C18H19N5O2. The van der Waals surface area contributed by atoms with Gasteiger partial charge in [-0.15, -0.1) is 5.10 Å². The monoisotopic (exact) mass is 337 g/mol. The molecule has 0 spiro atoms. The predicted octanol–water partition coefficient (Wildman–Crippen LogP) is 1.75. The summed E-state index contributed by atoms with van der Waals surface area (Å²) in [5.41, 5.74) is 1.66. The normalized spacial score (nSPS) is 14.6. The maximum atomic E-state index is 12.2. The first-order valence-electron chi connectivity index (χ1n) is 8.32. The molecule has 1 N–H and O–H groups in total. The van der Waals surface area contributed by atoms with E-state index in [9.17, 15) is 4.79 Å². The fourth-order valence-corrected chi connectivity index (χ4v) is 2.93. The number of ether oxygens (including phenoxy) is 1. The molecule has 7 heteroatoms. The Morgan fingerprint density at radius 3 is 2.68 bits per heavy atom. The first-order chi connectivity index (χ1) is 12.3. The van der Waals surface area contributed by atoms with Gasteiger partial charge in [-0.25, -0.2) is 0 Å². The van der Waals surface area contributed by atoms with E-state index in [1.807, 2.05) is 48.5 Å². The SMILES string of the molecule is O=C(Cc1ccccc1)Nc1nc2cccc(N3CCOCC3)n2n1. The summed E-state index contributed by atoms with van der Waals surface area (Å²) < 4.78 is 7.17. The Morgan fingerprint density at radius 2 is 1.88 bits per heavy atom. The molecule has 1 saturated heterocycles. The van der Waals surface area contributed by atoms with Crippen LogP contribution in [0.5, 0.6) is 0 Å². The number of carbonyl (C=O) groups excluding carboxylic acids is 1. The number of anilines is 2. The molecule has 1 aliphatic rings. The largest absolute Gasteiger partial charge is 0.378 e. The molecular weight excluding hydrogens is 318 g/mol. The van der Waals surface area contributed by atoms with E-state index in [1.165, 1.54) is 0 Å². The first kappa shape index (κ1) is 15.6. The molecule has 1 amide bonds. The predicted molar refractivity (Wildman–Crippen MR) is 94.8 cm³/mol. The molecule has 3 heterocycles. The Hall–Kier alpha value is -2.93. The smallest absolute Gasteiger partial charge is 0.249 e. The Bertz CT molecular complexity index is 872. The van der Waals surface area contributed by atoms with Gasteiger partial charge < -0.3 is 9.64 Å². The van der Waals surface area contributed by atoms with E-state index in [0.717, 1.165) is 24.5 Å². The van der Waals surface area contributed by atoms with Gasteiger partial charge in [0.05, 0.1) is 19.6 Å². The van der Waals surface area contributed by atoms with Gasteiger partial charge in [0.15, 0.2) is 5.65 Å². The molecule has 1 aliphatic heterocycles. The maximum Gasteiger partial charge on any atom is 0.249 e. The third-order valence-electron chi connectivity index (χ3n) is 4.13. The third kappa shape index (κ3) is 3.46. The molecule has 1 fully saturated rings. The summed E-state index contributed by atoms with van der Waals surface area (Å²) in [7, 11) is 0. The van der Waals surface area contributed by atoms with Crippen molar-refractivity contribution in [2.75, 3.05) is 36.5 Å². The van der Waals surface area contributed by atoms with E-state index >= 15 is 0 Å². The van der Waals surface area contributed by atoms with Crippen molar-refractivity contribution in [2.24, 2.45) is 0 Å². The van der Waals surface area contributed by atoms with Gasteiger partial charge in [0.2, 0.25) is 11.9 Å². The molecule has 7 nitrogen and oxygen atoms in total. The second kappa shape index (κ2) is 6.90. The number of nitrogens with zero attached hydrogens (tertiary/aromatic N) is 4. The van der Waals surface area contributed by atoms with Crippen molar-refractivity contribution in [1.29, 1.82) is 0 Å². The van der Waals surface area contributed by atoms with Gasteiger partial charge in [0.1, 0.15) is 5.82 Å². The van der Waals surface area contributed by atoms with Crippen LogP contribution in [0.2, 0.25) is 0 Å². The van der Waals surface area contributed by atoms with Crippen molar-refractivity contribution in [3.8, 4) is 0 Å². The standard InChI is InChI=1S/C18H19N5O2/c24-16(13-14-5-2-1-3-6-14)20-18-19-15-7-4-8-17(23(15)21-18)22-9-11-25-12-10-22/h1-8H,9-13H2,(H,20,21,24). The molecule has 4 rings (SSSR count). The average Bonchev–Trinajstić information content (AvgIpc) is 3.05. The fraction of sp³-hybridized carbons (Fsp3) is 0.278. The molecule has 25 heavy (non-hydrogen) atoms. The summed E-state index contributed by atoms with van der Waals surface area (Å²) in [5, 5.41) is 7.25. The van der Waals surface area contributed by atoms with E-state index in [2.05, 4.69) is 20.3 Å². The number of benzene rings is 1. The van der Waals surface area contributed by atoms with Crippen LogP contribution < -0.4 is 10.2 Å². The second-order valence-corrected chi connectivity index (χ2v) is 5.90. The minimum Gasteiger partial charge on any atom is -0.378 e. The summed E-state index contributed by atoms with van der Waals surface area (Å²) in [5.74, 6) is 1.15. The van der Waals surface area contributed by atoms with Crippen LogP contribution in [0.3, 0.4) is 0 Å². The number of pyridine rings is 1. The Kier molecular flexibility index (Phi) is 4.30. The van der Waals surface area contributed by atoms with Crippen molar-refractivity contribution in [2.45, 2.75) is 6.42 Å². The Morgan fingerprint density at radius 1 is 1.08 bits per heavy atom. The van der Waals surface area contributed by atoms with E-state index in [0.29, 0.717) is 31.2 Å². The zero-order chi connectivity index (χ0) is 17.1. The Labute approximate surface area is 145 Å². The maximum absolute atomic E-state index is 12.2.